The number of likely N-dealkylation sites (N-methyl/N-ethyl adjacent to an activating group) is 1. The fraction of sp³-hybridized carbons (Fsp3) is 0.464. The lowest BCUT2D eigenvalue weighted by Crippen LogP contribution is -2.72. The smallest absolute Gasteiger partial charge is 0.220 e. The van der Waals surface area contributed by atoms with Crippen molar-refractivity contribution >= 4 is 17.3 Å². The minimum absolute atomic E-state index is 0.0573. The van der Waals surface area contributed by atoms with Gasteiger partial charge in [0.05, 0.1) is 17.6 Å². The predicted molar refractivity (Wildman–Crippen MR) is 131 cm³/mol. The molecule has 170 valence electrons. The molecule has 5 heteroatoms. The number of anilines is 2. The first-order valence-electron chi connectivity index (χ1n) is 12.3. The number of carbonyl (C=O) groups is 1. The van der Waals surface area contributed by atoms with Crippen LogP contribution in [0.5, 0.6) is 0 Å². The van der Waals surface area contributed by atoms with Crippen LogP contribution in [0.4, 0.5) is 11.4 Å². The molecule has 2 fully saturated rings. The quantitative estimate of drug-likeness (QED) is 0.669. The van der Waals surface area contributed by atoms with Crippen LogP contribution in [0, 0.1) is 0 Å². The summed E-state index contributed by atoms with van der Waals surface area (Å²) >= 11 is 0. The van der Waals surface area contributed by atoms with E-state index in [1.165, 1.54) is 33.6 Å². The minimum atomic E-state index is -0.136. The molecule has 2 aromatic rings. The first-order chi connectivity index (χ1) is 15.9. The maximum Gasteiger partial charge on any atom is 0.220 e. The molecule has 33 heavy (non-hydrogen) atoms. The van der Waals surface area contributed by atoms with Gasteiger partial charge in [-0.25, -0.2) is 0 Å². The number of nitrogens with one attached hydrogen (secondary N) is 1. The van der Waals surface area contributed by atoms with Crippen molar-refractivity contribution < 1.29 is 4.79 Å². The second-order valence-corrected chi connectivity index (χ2v) is 10.9. The third-order valence-electron chi connectivity index (χ3n) is 9.38. The number of para-hydroxylation sites is 1. The lowest BCUT2D eigenvalue weighted by molar-refractivity contribution is -0.139. The summed E-state index contributed by atoms with van der Waals surface area (Å²) in [5.41, 5.74) is 8.06. The lowest BCUT2D eigenvalue weighted by Gasteiger charge is -2.62. The van der Waals surface area contributed by atoms with E-state index < -0.39 is 0 Å². The van der Waals surface area contributed by atoms with Crippen molar-refractivity contribution in [3.05, 3.63) is 70.8 Å². The highest BCUT2D eigenvalue weighted by molar-refractivity contribution is 5.80. The molecule has 6 aliphatic rings. The summed E-state index contributed by atoms with van der Waals surface area (Å²) in [4.78, 5) is 20.4. The van der Waals surface area contributed by atoms with Gasteiger partial charge >= 0.3 is 0 Å². The highest BCUT2D eigenvalue weighted by Gasteiger charge is 2.75. The van der Waals surface area contributed by atoms with Gasteiger partial charge in [0.1, 0.15) is 6.17 Å². The third-order valence-corrected chi connectivity index (χ3v) is 9.38. The van der Waals surface area contributed by atoms with Crippen molar-refractivity contribution in [2.24, 2.45) is 0 Å². The van der Waals surface area contributed by atoms with Gasteiger partial charge in [0.25, 0.3) is 0 Å². The number of hydrogen-bond donors (Lipinski definition) is 1. The summed E-state index contributed by atoms with van der Waals surface area (Å²) in [6.45, 7) is 7.98. The number of rotatable bonds is 1. The van der Waals surface area contributed by atoms with Gasteiger partial charge in [-0.05, 0) is 55.5 Å². The number of amides is 1. The van der Waals surface area contributed by atoms with E-state index in [1.54, 1.807) is 6.92 Å². The maximum atomic E-state index is 13.1. The Hall–Kier alpha value is -2.79. The molecule has 0 aromatic heterocycles. The van der Waals surface area contributed by atoms with Crippen molar-refractivity contribution in [1.82, 2.24) is 9.80 Å². The molecular formula is C28H32N4O. The van der Waals surface area contributed by atoms with Crippen molar-refractivity contribution in [3.8, 4) is 0 Å². The molecule has 2 aromatic carbocycles. The van der Waals surface area contributed by atoms with Crippen molar-refractivity contribution in [1.29, 1.82) is 0 Å². The first-order valence-corrected chi connectivity index (χ1v) is 12.3. The Bertz CT molecular complexity index is 1230. The van der Waals surface area contributed by atoms with Gasteiger partial charge in [0, 0.05) is 43.9 Å². The Morgan fingerprint density at radius 3 is 2.61 bits per heavy atom. The summed E-state index contributed by atoms with van der Waals surface area (Å²) in [7, 11) is 2.26. The topological polar surface area (TPSA) is 38.8 Å². The molecule has 6 atom stereocenters. The van der Waals surface area contributed by atoms with Gasteiger partial charge in [-0.1, -0.05) is 42.0 Å². The number of benzene rings is 2. The fourth-order valence-electron chi connectivity index (χ4n) is 8.48. The lowest BCUT2D eigenvalue weighted by atomic mass is 9.50. The van der Waals surface area contributed by atoms with E-state index in [0.29, 0.717) is 0 Å². The van der Waals surface area contributed by atoms with Crippen LogP contribution >= 0.6 is 0 Å². The summed E-state index contributed by atoms with van der Waals surface area (Å²) in [6.07, 6.45) is 4.78. The standard InChI is InChI=1S/C28H32N4O/c1-17(2)16-23-19-8-7-11-22-24(19)28-13-15-32(23)26-27(28,12-14-31(26)18(3)33)20-9-5-6-10-21(20)29-25(28)30(22)4/h5-11,16,23,25-26,29H,12-15H2,1-4H3/t23-,25-,26-,27+,28+/m1/s1. The van der Waals surface area contributed by atoms with Gasteiger partial charge < -0.3 is 15.1 Å². The third kappa shape index (κ3) is 2.03. The number of nitrogens with zero attached hydrogens (tertiary/aromatic N) is 3. The number of allylic oxidation sites excluding steroid dienone is 1. The van der Waals surface area contributed by atoms with Crippen molar-refractivity contribution in [2.75, 3.05) is 30.4 Å². The van der Waals surface area contributed by atoms with E-state index in [2.05, 4.69) is 89.5 Å². The number of piperidine rings is 1. The van der Waals surface area contributed by atoms with Crippen molar-refractivity contribution in [2.45, 2.75) is 62.8 Å². The van der Waals surface area contributed by atoms with Gasteiger partial charge in [-0.15, -0.1) is 0 Å². The van der Waals surface area contributed by atoms with E-state index in [-0.39, 0.29) is 35.1 Å². The molecule has 2 spiro atoms. The highest BCUT2D eigenvalue weighted by atomic mass is 16.2. The summed E-state index contributed by atoms with van der Waals surface area (Å²) in [6, 6.07) is 16.0. The number of hydrogen-bond acceptors (Lipinski definition) is 4. The van der Waals surface area contributed by atoms with Crippen LogP contribution in [0.1, 0.15) is 56.3 Å². The molecule has 2 bridgehead atoms. The number of carbonyl (C=O) groups excluding carboxylic acids is 1. The van der Waals surface area contributed by atoms with Crippen LogP contribution in [0.2, 0.25) is 0 Å². The zero-order valence-electron chi connectivity index (χ0n) is 19.9. The number of fused-ring (bicyclic) bond motifs is 2. The molecule has 1 amide bonds. The SMILES string of the molecule is CC(=O)N1CC[C@@]23c4ccccc4N[C@@H]4N(C)c5cccc6c5[C@@]42CCN([C@@H]6C=C(C)C)[C@@H]13. The Morgan fingerprint density at radius 1 is 1.03 bits per heavy atom. The maximum absolute atomic E-state index is 13.1. The Morgan fingerprint density at radius 2 is 1.82 bits per heavy atom. The van der Waals surface area contributed by atoms with Crippen LogP contribution in [0.15, 0.2) is 54.1 Å². The molecule has 2 saturated heterocycles. The largest absolute Gasteiger partial charge is 0.364 e. The average molecular weight is 441 g/mol. The van der Waals surface area contributed by atoms with Crippen molar-refractivity contribution in [3.63, 3.8) is 0 Å². The molecular weight excluding hydrogens is 408 g/mol. The molecule has 8 rings (SSSR count). The second-order valence-electron chi connectivity index (χ2n) is 10.9. The molecule has 0 radical (unpaired) electrons. The second kappa shape index (κ2) is 6.20. The Kier molecular flexibility index (Phi) is 3.70. The van der Waals surface area contributed by atoms with Crippen LogP contribution in [-0.4, -0.2) is 48.2 Å². The van der Waals surface area contributed by atoms with Crippen LogP contribution in [-0.2, 0) is 15.6 Å². The molecule has 0 aliphatic carbocycles. The van der Waals surface area contributed by atoms with Gasteiger partial charge in [0.2, 0.25) is 5.91 Å². The molecule has 1 unspecified atom stereocenters. The average Bonchev–Trinajstić information content (AvgIpc) is 3.25. The summed E-state index contributed by atoms with van der Waals surface area (Å²) in [5, 5.41) is 3.99. The first kappa shape index (κ1) is 19.7. The zero-order valence-corrected chi connectivity index (χ0v) is 19.9. The van der Waals surface area contributed by atoms with Gasteiger partial charge in [0.15, 0.2) is 0 Å². The van der Waals surface area contributed by atoms with E-state index in [4.69, 9.17) is 0 Å². The normalized spacial score (nSPS) is 36.5. The highest BCUT2D eigenvalue weighted by Crippen LogP contribution is 2.71. The summed E-state index contributed by atoms with van der Waals surface area (Å²) < 4.78 is 0. The molecule has 1 N–H and O–H groups in total. The minimum Gasteiger partial charge on any atom is -0.364 e. The van der Waals surface area contributed by atoms with Gasteiger partial charge in [-0.3, -0.25) is 9.69 Å². The zero-order chi connectivity index (χ0) is 22.7. The van der Waals surface area contributed by atoms with E-state index >= 15 is 0 Å². The fourth-order valence-corrected chi connectivity index (χ4v) is 8.48. The summed E-state index contributed by atoms with van der Waals surface area (Å²) in [5.74, 6) is 0.194. The monoisotopic (exact) mass is 440 g/mol. The van der Waals surface area contributed by atoms with Crippen LogP contribution < -0.4 is 10.2 Å². The Labute approximate surface area is 196 Å². The Balaban J connectivity index is 1.65. The van der Waals surface area contributed by atoms with Crippen LogP contribution in [0.25, 0.3) is 0 Å². The molecule has 6 heterocycles. The van der Waals surface area contributed by atoms with E-state index in [1.807, 2.05) is 0 Å². The van der Waals surface area contributed by atoms with E-state index in [0.717, 1.165) is 25.9 Å². The van der Waals surface area contributed by atoms with Gasteiger partial charge in [-0.2, -0.15) is 0 Å². The predicted octanol–water partition coefficient (Wildman–Crippen LogP) is 4.37. The molecule has 0 saturated carbocycles. The van der Waals surface area contributed by atoms with Crippen LogP contribution in [0.3, 0.4) is 0 Å². The number of likely N-dealkylation sites (tertiary alicyclic amines) is 1. The van der Waals surface area contributed by atoms with E-state index in [9.17, 15) is 4.79 Å². The molecule has 5 nitrogen and oxygen atoms in total. The molecule has 6 aliphatic heterocycles.